The molecule has 0 atom stereocenters. The Morgan fingerprint density at radius 1 is 1.30 bits per heavy atom. The van der Waals surface area contributed by atoms with Crippen LogP contribution in [0.25, 0.3) is 0 Å². The standard InChI is InChI=1S/C11H12F2N4O2S/c1-7(2)17-6-8(5-14-17)20(18,19)16-9-3-4-10(12)15-11(9)13/h3-7,16H,1-2H3. The van der Waals surface area contributed by atoms with Crippen molar-refractivity contribution in [2.24, 2.45) is 0 Å². The molecular formula is C11H12F2N4O2S. The van der Waals surface area contributed by atoms with Gasteiger partial charge >= 0.3 is 0 Å². The molecule has 1 N–H and O–H groups in total. The van der Waals surface area contributed by atoms with Crippen LogP contribution in [-0.2, 0) is 10.0 Å². The van der Waals surface area contributed by atoms with Gasteiger partial charge in [-0.2, -0.15) is 18.9 Å². The predicted octanol–water partition coefficient (Wildman–Crippen LogP) is 1.94. The minimum Gasteiger partial charge on any atom is -0.275 e. The van der Waals surface area contributed by atoms with Gasteiger partial charge in [-0.25, -0.2) is 8.42 Å². The van der Waals surface area contributed by atoms with Gasteiger partial charge in [0.25, 0.3) is 10.0 Å². The summed E-state index contributed by atoms with van der Waals surface area (Å²) >= 11 is 0. The highest BCUT2D eigenvalue weighted by molar-refractivity contribution is 7.92. The van der Waals surface area contributed by atoms with Crippen molar-refractivity contribution in [2.75, 3.05) is 4.72 Å². The summed E-state index contributed by atoms with van der Waals surface area (Å²) in [5.41, 5.74) is -0.427. The highest BCUT2D eigenvalue weighted by Gasteiger charge is 2.19. The molecule has 0 aliphatic rings. The van der Waals surface area contributed by atoms with Gasteiger partial charge in [0.15, 0.2) is 0 Å². The van der Waals surface area contributed by atoms with Crippen molar-refractivity contribution in [1.29, 1.82) is 0 Å². The van der Waals surface area contributed by atoms with Crippen molar-refractivity contribution in [3.63, 3.8) is 0 Å². The van der Waals surface area contributed by atoms with Crippen LogP contribution in [0, 0.1) is 11.9 Å². The molecule has 2 aromatic heterocycles. The van der Waals surface area contributed by atoms with Crippen LogP contribution in [0.3, 0.4) is 0 Å². The van der Waals surface area contributed by atoms with Crippen LogP contribution in [0.2, 0.25) is 0 Å². The third-order valence-electron chi connectivity index (χ3n) is 2.48. The lowest BCUT2D eigenvalue weighted by molar-refractivity contribution is 0.515. The second kappa shape index (κ2) is 5.16. The number of aromatic nitrogens is 3. The molecular weight excluding hydrogens is 290 g/mol. The summed E-state index contributed by atoms with van der Waals surface area (Å²) in [5, 5.41) is 3.89. The molecule has 0 radical (unpaired) electrons. The smallest absolute Gasteiger partial charge is 0.265 e. The van der Waals surface area contributed by atoms with Gasteiger partial charge in [0.2, 0.25) is 11.9 Å². The van der Waals surface area contributed by atoms with E-state index in [1.165, 1.54) is 10.9 Å². The highest BCUT2D eigenvalue weighted by atomic mass is 32.2. The van der Waals surface area contributed by atoms with Crippen LogP contribution < -0.4 is 4.72 Å². The van der Waals surface area contributed by atoms with Crippen molar-refractivity contribution >= 4 is 15.7 Å². The van der Waals surface area contributed by atoms with Crippen molar-refractivity contribution in [2.45, 2.75) is 24.8 Å². The van der Waals surface area contributed by atoms with E-state index in [1.807, 2.05) is 18.6 Å². The number of hydrogen-bond acceptors (Lipinski definition) is 4. The Kier molecular flexibility index (Phi) is 3.71. The second-order valence-corrected chi connectivity index (χ2v) is 6.01. The lowest BCUT2D eigenvalue weighted by atomic mass is 10.4. The summed E-state index contributed by atoms with van der Waals surface area (Å²) in [6.07, 6.45) is 2.47. The Labute approximate surface area is 114 Å². The van der Waals surface area contributed by atoms with Crippen LogP contribution in [0.4, 0.5) is 14.5 Å². The largest absolute Gasteiger partial charge is 0.275 e. The quantitative estimate of drug-likeness (QED) is 0.876. The Hall–Kier alpha value is -2.03. The second-order valence-electron chi connectivity index (χ2n) is 4.33. The number of nitrogens with zero attached hydrogens (tertiary/aromatic N) is 3. The first-order valence-corrected chi connectivity index (χ1v) is 7.17. The minimum absolute atomic E-state index is 0.0110. The predicted molar refractivity (Wildman–Crippen MR) is 67.6 cm³/mol. The zero-order valence-electron chi connectivity index (χ0n) is 10.7. The molecule has 0 saturated carbocycles. The fourth-order valence-corrected chi connectivity index (χ4v) is 2.43. The Bertz CT molecular complexity index is 728. The molecule has 6 nitrogen and oxygen atoms in total. The monoisotopic (exact) mass is 302 g/mol. The molecule has 0 aromatic carbocycles. The van der Waals surface area contributed by atoms with Crippen LogP contribution in [0.15, 0.2) is 29.4 Å². The molecule has 0 aliphatic carbocycles. The topological polar surface area (TPSA) is 76.9 Å². The van der Waals surface area contributed by atoms with Gasteiger partial charge in [0.05, 0.1) is 6.20 Å². The minimum atomic E-state index is -4.00. The van der Waals surface area contributed by atoms with Gasteiger partial charge in [-0.05, 0) is 26.0 Å². The first-order chi connectivity index (χ1) is 9.29. The third-order valence-corrected chi connectivity index (χ3v) is 3.80. The Balaban J connectivity index is 2.30. The van der Waals surface area contributed by atoms with Crippen LogP contribution in [0.1, 0.15) is 19.9 Å². The van der Waals surface area contributed by atoms with E-state index >= 15 is 0 Å². The van der Waals surface area contributed by atoms with E-state index in [0.29, 0.717) is 0 Å². The Morgan fingerprint density at radius 2 is 2.00 bits per heavy atom. The molecule has 2 heterocycles. The first kappa shape index (κ1) is 14.4. The average molecular weight is 302 g/mol. The molecule has 0 amide bonds. The molecule has 9 heteroatoms. The summed E-state index contributed by atoms with van der Waals surface area (Å²) in [7, 11) is -4.00. The normalized spacial score (nSPS) is 11.8. The van der Waals surface area contributed by atoms with Gasteiger partial charge in [-0.3, -0.25) is 9.40 Å². The number of sulfonamides is 1. The van der Waals surface area contributed by atoms with Crippen molar-refractivity contribution in [3.8, 4) is 0 Å². The maximum atomic E-state index is 13.3. The average Bonchev–Trinajstić information content (AvgIpc) is 2.83. The summed E-state index contributed by atoms with van der Waals surface area (Å²) in [6, 6.07) is 1.81. The SMILES string of the molecule is CC(C)n1cc(S(=O)(=O)Nc2ccc(F)nc2F)cn1. The van der Waals surface area contributed by atoms with Crippen LogP contribution >= 0.6 is 0 Å². The van der Waals surface area contributed by atoms with Gasteiger partial charge in [-0.1, -0.05) is 0 Å². The zero-order chi connectivity index (χ0) is 14.9. The summed E-state index contributed by atoms with van der Waals surface area (Å²) in [4.78, 5) is 2.79. The molecule has 0 spiro atoms. The molecule has 2 aromatic rings. The van der Waals surface area contributed by atoms with E-state index in [1.54, 1.807) is 0 Å². The maximum Gasteiger partial charge on any atom is 0.265 e. The number of rotatable bonds is 4. The summed E-state index contributed by atoms with van der Waals surface area (Å²) < 4.78 is 53.5. The lowest BCUT2D eigenvalue weighted by Gasteiger charge is -2.07. The number of halogens is 2. The summed E-state index contributed by atoms with van der Waals surface area (Å²) in [6.45, 7) is 3.67. The van der Waals surface area contributed by atoms with Crippen molar-refractivity contribution in [3.05, 3.63) is 36.4 Å². The molecule has 2 rings (SSSR count). The molecule has 0 fully saturated rings. The first-order valence-electron chi connectivity index (χ1n) is 5.68. The maximum absolute atomic E-state index is 13.3. The number of hydrogen-bond donors (Lipinski definition) is 1. The molecule has 0 aliphatic heterocycles. The van der Waals surface area contributed by atoms with E-state index in [-0.39, 0.29) is 10.9 Å². The van der Waals surface area contributed by atoms with E-state index in [0.717, 1.165) is 18.3 Å². The molecule has 0 bridgehead atoms. The molecule has 20 heavy (non-hydrogen) atoms. The van der Waals surface area contributed by atoms with E-state index in [2.05, 4.69) is 10.1 Å². The van der Waals surface area contributed by atoms with E-state index in [9.17, 15) is 17.2 Å². The van der Waals surface area contributed by atoms with E-state index < -0.39 is 27.6 Å². The van der Waals surface area contributed by atoms with Crippen LogP contribution in [0.5, 0.6) is 0 Å². The fraction of sp³-hybridized carbons (Fsp3) is 0.273. The lowest BCUT2D eigenvalue weighted by Crippen LogP contribution is -2.14. The highest BCUT2D eigenvalue weighted by Crippen LogP contribution is 2.18. The third kappa shape index (κ3) is 2.93. The number of nitrogens with one attached hydrogen (secondary N) is 1. The number of anilines is 1. The molecule has 0 unspecified atom stereocenters. The zero-order valence-corrected chi connectivity index (χ0v) is 11.5. The molecule has 108 valence electrons. The number of pyridine rings is 1. The summed E-state index contributed by atoms with van der Waals surface area (Å²) in [5.74, 6) is -2.26. The van der Waals surface area contributed by atoms with Gasteiger partial charge in [-0.15, -0.1) is 0 Å². The van der Waals surface area contributed by atoms with Crippen molar-refractivity contribution in [1.82, 2.24) is 14.8 Å². The fourth-order valence-electron chi connectivity index (χ4n) is 1.43. The van der Waals surface area contributed by atoms with Gasteiger partial charge in [0.1, 0.15) is 10.6 Å². The van der Waals surface area contributed by atoms with Crippen molar-refractivity contribution < 1.29 is 17.2 Å². The molecule has 0 saturated heterocycles. The van der Waals surface area contributed by atoms with E-state index in [4.69, 9.17) is 0 Å². The van der Waals surface area contributed by atoms with Gasteiger partial charge in [0, 0.05) is 12.2 Å². The Morgan fingerprint density at radius 3 is 2.55 bits per heavy atom. The van der Waals surface area contributed by atoms with Crippen LogP contribution in [-0.4, -0.2) is 23.2 Å². The van der Waals surface area contributed by atoms with Gasteiger partial charge < -0.3 is 0 Å².